The molecule has 0 aliphatic heterocycles. The van der Waals surface area contributed by atoms with Crippen molar-refractivity contribution >= 4 is 34.8 Å². The van der Waals surface area contributed by atoms with Crippen LogP contribution in [0.5, 0.6) is 0 Å². The molecule has 0 saturated heterocycles. The number of ether oxygens (including phenoxy) is 1. The second kappa shape index (κ2) is 9.74. The minimum atomic E-state index is -0.573. The van der Waals surface area contributed by atoms with Gasteiger partial charge in [-0.05, 0) is 36.1 Å². The van der Waals surface area contributed by atoms with Gasteiger partial charge in [0, 0.05) is 36.4 Å². The lowest BCUT2D eigenvalue weighted by Crippen LogP contribution is -2.09. The van der Waals surface area contributed by atoms with E-state index in [4.69, 9.17) is 4.74 Å². The van der Waals surface area contributed by atoms with Crippen molar-refractivity contribution in [2.75, 3.05) is 23.9 Å². The molecular weight excluding hydrogens is 392 g/mol. The Bertz CT molecular complexity index is 992. The lowest BCUT2D eigenvalue weighted by Gasteiger charge is -2.10. The van der Waals surface area contributed by atoms with E-state index in [1.807, 2.05) is 41.3 Å². The molecule has 1 N–H and O–H groups in total. The Morgan fingerprint density at radius 2 is 2.17 bits per heavy atom. The molecule has 3 aromatic rings. The lowest BCUT2D eigenvalue weighted by atomic mass is 10.1. The number of thioether (sulfide) groups is 1. The van der Waals surface area contributed by atoms with Gasteiger partial charge in [0.05, 0.1) is 16.8 Å². The first-order valence-corrected chi connectivity index (χ1v) is 10.2. The fourth-order valence-corrected chi connectivity index (χ4v) is 2.96. The summed E-state index contributed by atoms with van der Waals surface area (Å²) in [4.78, 5) is 27.1. The molecule has 1 aromatic heterocycles. The molecule has 0 aliphatic carbocycles. The van der Waals surface area contributed by atoms with E-state index in [1.54, 1.807) is 24.3 Å². The van der Waals surface area contributed by atoms with Crippen LogP contribution in [0.15, 0.2) is 61.2 Å². The number of anilines is 2. The first-order chi connectivity index (χ1) is 14.1. The number of hydrogen-bond donors (Lipinski definition) is 1. The van der Waals surface area contributed by atoms with Crippen LogP contribution < -0.4 is 5.32 Å². The topological polar surface area (TPSA) is 99.3 Å². The van der Waals surface area contributed by atoms with Crippen molar-refractivity contribution in [3.8, 4) is 0 Å². The van der Waals surface area contributed by atoms with Crippen LogP contribution in [0.4, 0.5) is 17.1 Å². The highest BCUT2D eigenvalue weighted by atomic mass is 32.2. The molecule has 2 aromatic carbocycles. The summed E-state index contributed by atoms with van der Waals surface area (Å²) in [5.41, 5.74) is 1.99. The van der Waals surface area contributed by atoms with Crippen molar-refractivity contribution in [3.63, 3.8) is 0 Å². The summed E-state index contributed by atoms with van der Waals surface area (Å²) in [5, 5.41) is 14.6. The molecule has 29 heavy (non-hydrogen) atoms. The van der Waals surface area contributed by atoms with Crippen molar-refractivity contribution in [2.45, 2.75) is 6.54 Å². The van der Waals surface area contributed by atoms with Gasteiger partial charge in [0.15, 0.2) is 0 Å². The van der Waals surface area contributed by atoms with Gasteiger partial charge in [0.25, 0.3) is 5.69 Å². The monoisotopic (exact) mass is 412 g/mol. The number of nitro groups is 1. The number of nitrogens with zero attached hydrogens (tertiary/aromatic N) is 3. The highest BCUT2D eigenvalue weighted by molar-refractivity contribution is 7.98. The van der Waals surface area contributed by atoms with Crippen molar-refractivity contribution in [2.24, 2.45) is 0 Å². The van der Waals surface area contributed by atoms with Crippen LogP contribution in [-0.4, -0.2) is 39.1 Å². The molecule has 0 bridgehead atoms. The molecule has 150 valence electrons. The van der Waals surface area contributed by atoms with E-state index in [0.717, 1.165) is 5.56 Å². The summed E-state index contributed by atoms with van der Waals surface area (Å²) in [5.74, 6) is 0.0964. The van der Waals surface area contributed by atoms with Crippen LogP contribution in [0.1, 0.15) is 15.9 Å². The normalized spacial score (nSPS) is 10.5. The molecule has 0 aliphatic rings. The van der Waals surface area contributed by atoms with Crippen LogP contribution in [-0.2, 0) is 11.3 Å². The smallest absolute Gasteiger partial charge is 0.338 e. The number of hydrogen-bond acceptors (Lipinski definition) is 7. The molecular formula is C20H20N4O4S. The highest BCUT2D eigenvalue weighted by Crippen LogP contribution is 2.29. The number of rotatable bonds is 9. The Balaban J connectivity index is 1.78. The Morgan fingerprint density at radius 1 is 1.31 bits per heavy atom. The van der Waals surface area contributed by atoms with Gasteiger partial charge in [0.2, 0.25) is 0 Å². The number of benzene rings is 2. The molecule has 9 heteroatoms. The third kappa shape index (κ3) is 5.58. The van der Waals surface area contributed by atoms with Gasteiger partial charge >= 0.3 is 5.97 Å². The van der Waals surface area contributed by atoms with Gasteiger partial charge in [-0.2, -0.15) is 11.8 Å². The van der Waals surface area contributed by atoms with E-state index < -0.39 is 10.9 Å². The van der Waals surface area contributed by atoms with Crippen molar-refractivity contribution in [1.29, 1.82) is 0 Å². The summed E-state index contributed by atoms with van der Waals surface area (Å²) in [6.07, 6.45) is 7.20. The Morgan fingerprint density at radius 3 is 2.90 bits per heavy atom. The molecule has 0 fully saturated rings. The van der Waals surface area contributed by atoms with Crippen molar-refractivity contribution in [3.05, 3.63) is 82.4 Å². The van der Waals surface area contributed by atoms with E-state index in [-0.39, 0.29) is 17.9 Å². The molecule has 0 saturated carbocycles. The van der Waals surface area contributed by atoms with Crippen LogP contribution in [0.25, 0.3) is 0 Å². The van der Waals surface area contributed by atoms with Gasteiger partial charge in [-0.3, -0.25) is 10.1 Å². The summed E-state index contributed by atoms with van der Waals surface area (Å²) in [7, 11) is 0. The summed E-state index contributed by atoms with van der Waals surface area (Å²) in [6.45, 7) is 0.899. The zero-order valence-corrected chi connectivity index (χ0v) is 16.6. The zero-order chi connectivity index (χ0) is 20.6. The van der Waals surface area contributed by atoms with Gasteiger partial charge in [-0.1, -0.05) is 12.1 Å². The molecule has 0 unspecified atom stereocenters. The minimum absolute atomic E-state index is 0.150. The fourth-order valence-electron chi connectivity index (χ4n) is 2.71. The fraction of sp³-hybridized carbons (Fsp3) is 0.200. The predicted molar refractivity (Wildman–Crippen MR) is 113 cm³/mol. The first kappa shape index (κ1) is 20.4. The van der Waals surface area contributed by atoms with E-state index in [9.17, 15) is 14.9 Å². The second-order valence-electron chi connectivity index (χ2n) is 6.18. The van der Waals surface area contributed by atoms with Crippen LogP contribution in [0.3, 0.4) is 0 Å². The maximum Gasteiger partial charge on any atom is 0.338 e. The Labute approximate surface area is 172 Å². The third-order valence-electron chi connectivity index (χ3n) is 4.08. The second-order valence-corrected chi connectivity index (χ2v) is 7.16. The highest BCUT2D eigenvalue weighted by Gasteiger charge is 2.18. The van der Waals surface area contributed by atoms with Gasteiger partial charge in [0.1, 0.15) is 12.3 Å². The summed E-state index contributed by atoms with van der Waals surface area (Å²) in [6, 6.07) is 11.8. The van der Waals surface area contributed by atoms with Gasteiger partial charge < -0.3 is 14.6 Å². The number of esters is 1. The molecule has 3 rings (SSSR count). The van der Waals surface area contributed by atoms with Crippen LogP contribution in [0, 0.1) is 10.1 Å². The SMILES string of the molecule is CSCCOC(=O)c1ccc(Nc2cccc(Cn3ccnc3)c2)c([N+](=O)[O-])c1. The number of imidazole rings is 1. The van der Waals surface area contributed by atoms with E-state index in [0.29, 0.717) is 23.7 Å². The zero-order valence-electron chi connectivity index (χ0n) is 15.8. The maximum absolute atomic E-state index is 12.1. The van der Waals surface area contributed by atoms with Gasteiger partial charge in [-0.25, -0.2) is 9.78 Å². The quantitative estimate of drug-likeness (QED) is 0.244. The first-order valence-electron chi connectivity index (χ1n) is 8.83. The Kier molecular flexibility index (Phi) is 6.85. The van der Waals surface area contributed by atoms with E-state index in [1.165, 1.54) is 18.2 Å². The molecule has 0 amide bonds. The number of carbonyl (C=O) groups excluding carboxylic acids is 1. The lowest BCUT2D eigenvalue weighted by molar-refractivity contribution is -0.383. The van der Waals surface area contributed by atoms with Crippen molar-refractivity contribution < 1.29 is 14.5 Å². The standard InChI is InChI=1S/C20H20N4O4S/c1-29-10-9-28-20(25)16-5-6-18(19(12-16)24(26)27)22-17-4-2-3-15(11-17)13-23-8-7-21-14-23/h2-8,11-12,14,22H,9-10,13H2,1H3. The largest absolute Gasteiger partial charge is 0.461 e. The van der Waals surface area contributed by atoms with Crippen LogP contribution in [0.2, 0.25) is 0 Å². The number of carbonyl (C=O) groups is 1. The summed E-state index contributed by atoms with van der Waals surface area (Å²) >= 11 is 1.55. The van der Waals surface area contributed by atoms with Gasteiger partial charge in [-0.15, -0.1) is 0 Å². The number of aromatic nitrogens is 2. The molecule has 1 heterocycles. The van der Waals surface area contributed by atoms with E-state index >= 15 is 0 Å². The van der Waals surface area contributed by atoms with Crippen LogP contribution >= 0.6 is 11.8 Å². The van der Waals surface area contributed by atoms with E-state index in [2.05, 4.69) is 10.3 Å². The average Bonchev–Trinajstić information content (AvgIpc) is 3.21. The summed E-state index contributed by atoms with van der Waals surface area (Å²) < 4.78 is 7.05. The third-order valence-corrected chi connectivity index (χ3v) is 4.66. The molecule has 0 atom stereocenters. The van der Waals surface area contributed by atoms with Crippen molar-refractivity contribution in [1.82, 2.24) is 9.55 Å². The molecule has 0 radical (unpaired) electrons. The molecule has 0 spiro atoms. The molecule has 8 nitrogen and oxygen atoms in total. The Hall–Kier alpha value is -3.33. The maximum atomic E-state index is 12.1. The number of nitro benzene ring substituents is 1. The average molecular weight is 412 g/mol. The minimum Gasteiger partial charge on any atom is -0.461 e. The number of nitrogens with one attached hydrogen (secondary N) is 1. The predicted octanol–water partition coefficient (Wildman–Crippen LogP) is 4.10.